The Hall–Kier alpha value is -2.69. The molecule has 0 spiro atoms. The van der Waals surface area contributed by atoms with Crippen LogP contribution >= 0.6 is 11.3 Å². The predicted octanol–water partition coefficient (Wildman–Crippen LogP) is 2.30. The highest BCUT2D eigenvalue weighted by atomic mass is 32.1. The van der Waals surface area contributed by atoms with Gasteiger partial charge in [0.2, 0.25) is 0 Å². The molecule has 1 aliphatic heterocycles. The van der Waals surface area contributed by atoms with Gasteiger partial charge in [0.15, 0.2) is 0 Å². The van der Waals surface area contributed by atoms with E-state index in [9.17, 15) is 9.59 Å². The van der Waals surface area contributed by atoms with Crippen molar-refractivity contribution in [2.24, 2.45) is 0 Å². The molecule has 0 aliphatic carbocycles. The summed E-state index contributed by atoms with van der Waals surface area (Å²) in [5.41, 5.74) is 1.06. The first kappa shape index (κ1) is 22.0. The van der Waals surface area contributed by atoms with Crippen LogP contribution < -0.4 is 10.1 Å². The van der Waals surface area contributed by atoms with Gasteiger partial charge in [-0.25, -0.2) is 9.78 Å². The fraction of sp³-hybridized carbons (Fsp3) is 0.450. The van der Waals surface area contributed by atoms with Crippen molar-refractivity contribution in [2.45, 2.75) is 6.54 Å². The Labute approximate surface area is 179 Å². The van der Waals surface area contributed by atoms with Crippen molar-refractivity contribution in [3.63, 3.8) is 0 Å². The molecule has 1 fully saturated rings. The van der Waals surface area contributed by atoms with E-state index in [4.69, 9.17) is 14.2 Å². The average Bonchev–Trinajstić information content (AvgIpc) is 3.25. The van der Waals surface area contributed by atoms with Crippen molar-refractivity contribution in [2.75, 3.05) is 59.0 Å². The molecule has 0 atom stereocenters. The number of aromatic nitrogens is 1. The minimum atomic E-state index is -0.270. The summed E-state index contributed by atoms with van der Waals surface area (Å²) in [5.74, 6) is 0.608. The van der Waals surface area contributed by atoms with Crippen molar-refractivity contribution in [3.8, 4) is 5.75 Å². The van der Waals surface area contributed by atoms with Gasteiger partial charge in [-0.05, 0) is 24.3 Å². The lowest BCUT2D eigenvalue weighted by Gasteiger charge is -2.26. The van der Waals surface area contributed by atoms with Gasteiger partial charge in [-0.15, -0.1) is 11.3 Å². The maximum absolute atomic E-state index is 12.8. The van der Waals surface area contributed by atoms with Crippen LogP contribution in [0.5, 0.6) is 5.75 Å². The summed E-state index contributed by atoms with van der Waals surface area (Å²) in [4.78, 5) is 33.2. The molecule has 0 radical (unpaired) electrons. The number of carbonyl (C=O) groups excluding carboxylic acids is 2. The molecule has 1 aliphatic rings. The number of hydrogen-bond acceptors (Lipinski definition) is 7. The van der Waals surface area contributed by atoms with E-state index in [-0.39, 0.29) is 18.5 Å². The smallest absolute Gasteiger partial charge is 0.322 e. The number of nitrogens with zero attached hydrogens (tertiary/aromatic N) is 3. The number of thiazole rings is 1. The molecule has 3 amide bonds. The standard InChI is InChI=1S/C20H26N4O5S/c1-27-10-7-24(20(26)21-15-3-5-16(28-2)6-4-15)13-18-22-17(14-30-18)19(25)23-8-11-29-12-9-23/h3-6,14H,7-13H2,1-2H3,(H,21,26). The number of ether oxygens (including phenoxy) is 3. The van der Waals surface area contributed by atoms with Gasteiger partial charge in [0.1, 0.15) is 16.5 Å². The molecule has 10 heteroatoms. The molecule has 1 N–H and O–H groups in total. The van der Waals surface area contributed by atoms with Gasteiger partial charge in [0.05, 0.1) is 33.5 Å². The van der Waals surface area contributed by atoms with Crippen molar-refractivity contribution in [1.82, 2.24) is 14.8 Å². The molecule has 9 nitrogen and oxygen atoms in total. The van der Waals surface area contributed by atoms with Gasteiger partial charge in [-0.1, -0.05) is 0 Å². The van der Waals surface area contributed by atoms with Crippen LogP contribution in [0.15, 0.2) is 29.6 Å². The largest absolute Gasteiger partial charge is 0.497 e. The lowest BCUT2D eigenvalue weighted by molar-refractivity contribution is 0.0299. The van der Waals surface area contributed by atoms with E-state index in [1.165, 1.54) is 11.3 Å². The van der Waals surface area contributed by atoms with Crippen molar-refractivity contribution >= 4 is 29.0 Å². The van der Waals surface area contributed by atoms with Gasteiger partial charge in [0, 0.05) is 37.8 Å². The zero-order chi connectivity index (χ0) is 21.3. The van der Waals surface area contributed by atoms with Gasteiger partial charge < -0.3 is 29.3 Å². The van der Waals surface area contributed by atoms with Crippen LogP contribution in [0.3, 0.4) is 0 Å². The van der Waals surface area contributed by atoms with E-state index in [1.807, 2.05) is 0 Å². The predicted molar refractivity (Wildman–Crippen MR) is 113 cm³/mol. The lowest BCUT2D eigenvalue weighted by Crippen LogP contribution is -2.40. The highest BCUT2D eigenvalue weighted by Gasteiger charge is 2.22. The summed E-state index contributed by atoms with van der Waals surface area (Å²) >= 11 is 1.36. The molecule has 2 aromatic rings. The van der Waals surface area contributed by atoms with Crippen molar-refractivity contribution in [1.29, 1.82) is 0 Å². The third-order valence-electron chi connectivity index (χ3n) is 4.59. The van der Waals surface area contributed by atoms with Gasteiger partial charge in [-0.2, -0.15) is 0 Å². The van der Waals surface area contributed by atoms with Crippen molar-refractivity contribution < 1.29 is 23.8 Å². The number of anilines is 1. The average molecular weight is 435 g/mol. The number of carbonyl (C=O) groups is 2. The Morgan fingerprint density at radius 3 is 2.63 bits per heavy atom. The molecule has 2 heterocycles. The zero-order valence-corrected chi connectivity index (χ0v) is 17.9. The third-order valence-corrected chi connectivity index (χ3v) is 5.42. The molecular formula is C20H26N4O5S. The van der Waals surface area contributed by atoms with E-state index in [2.05, 4.69) is 10.3 Å². The Balaban J connectivity index is 1.64. The normalized spacial score (nSPS) is 13.7. The number of amides is 3. The first-order valence-electron chi connectivity index (χ1n) is 9.61. The van der Waals surface area contributed by atoms with Crippen LogP contribution in [0.4, 0.5) is 10.5 Å². The first-order chi connectivity index (χ1) is 14.6. The Bertz CT molecular complexity index is 836. The summed E-state index contributed by atoms with van der Waals surface area (Å²) in [6.07, 6.45) is 0. The SMILES string of the molecule is COCCN(Cc1nc(C(=O)N2CCOCC2)cs1)C(=O)Nc1ccc(OC)cc1. The molecule has 0 unspecified atom stereocenters. The number of nitrogens with one attached hydrogen (secondary N) is 1. The Morgan fingerprint density at radius 1 is 1.23 bits per heavy atom. The molecule has 162 valence electrons. The lowest BCUT2D eigenvalue weighted by atomic mass is 10.3. The van der Waals surface area contributed by atoms with Crippen LogP contribution in [0.1, 0.15) is 15.5 Å². The maximum atomic E-state index is 12.8. The van der Waals surface area contributed by atoms with E-state index >= 15 is 0 Å². The molecule has 0 saturated carbocycles. The fourth-order valence-electron chi connectivity index (χ4n) is 2.90. The van der Waals surface area contributed by atoms with Crippen LogP contribution in [0.25, 0.3) is 0 Å². The number of hydrogen-bond donors (Lipinski definition) is 1. The van der Waals surface area contributed by atoms with E-state index in [0.29, 0.717) is 61.6 Å². The minimum Gasteiger partial charge on any atom is -0.497 e. The van der Waals surface area contributed by atoms with E-state index in [0.717, 1.165) is 0 Å². The van der Waals surface area contributed by atoms with Gasteiger partial charge in [0.25, 0.3) is 5.91 Å². The Morgan fingerprint density at radius 2 is 1.97 bits per heavy atom. The first-order valence-corrected chi connectivity index (χ1v) is 10.5. The fourth-order valence-corrected chi connectivity index (χ4v) is 3.69. The molecule has 0 bridgehead atoms. The molecule has 3 rings (SSSR count). The van der Waals surface area contributed by atoms with Crippen LogP contribution in [-0.4, -0.2) is 80.4 Å². The summed E-state index contributed by atoms with van der Waals surface area (Å²) in [5, 5.41) is 5.29. The number of methoxy groups -OCH3 is 2. The maximum Gasteiger partial charge on any atom is 0.322 e. The van der Waals surface area contributed by atoms with Crippen LogP contribution in [0, 0.1) is 0 Å². The molecule has 30 heavy (non-hydrogen) atoms. The topological polar surface area (TPSA) is 93.2 Å². The zero-order valence-electron chi connectivity index (χ0n) is 17.1. The number of urea groups is 1. The Kier molecular flexibility index (Phi) is 8.00. The molecule has 1 aromatic heterocycles. The summed E-state index contributed by atoms with van der Waals surface area (Å²) in [6, 6.07) is 6.83. The summed E-state index contributed by atoms with van der Waals surface area (Å²) < 4.78 is 15.6. The molecular weight excluding hydrogens is 408 g/mol. The van der Waals surface area contributed by atoms with E-state index < -0.39 is 0 Å². The van der Waals surface area contributed by atoms with Crippen LogP contribution in [-0.2, 0) is 16.0 Å². The monoisotopic (exact) mass is 434 g/mol. The third kappa shape index (κ3) is 5.91. The van der Waals surface area contributed by atoms with Crippen molar-refractivity contribution in [3.05, 3.63) is 40.3 Å². The number of morpholine rings is 1. The second-order valence-corrected chi connectivity index (χ2v) is 7.55. The minimum absolute atomic E-state index is 0.105. The highest BCUT2D eigenvalue weighted by Crippen LogP contribution is 2.18. The van der Waals surface area contributed by atoms with E-state index in [1.54, 1.807) is 53.7 Å². The molecule has 1 aromatic carbocycles. The van der Waals surface area contributed by atoms with Gasteiger partial charge >= 0.3 is 6.03 Å². The highest BCUT2D eigenvalue weighted by molar-refractivity contribution is 7.09. The second-order valence-electron chi connectivity index (χ2n) is 6.60. The quantitative estimate of drug-likeness (QED) is 0.685. The number of benzene rings is 1. The second kappa shape index (κ2) is 10.9. The van der Waals surface area contributed by atoms with Crippen LogP contribution in [0.2, 0.25) is 0 Å². The molecule has 1 saturated heterocycles. The summed E-state index contributed by atoms with van der Waals surface area (Å²) in [7, 11) is 3.17. The number of rotatable bonds is 8. The summed E-state index contributed by atoms with van der Waals surface area (Å²) in [6.45, 7) is 3.28. The van der Waals surface area contributed by atoms with Gasteiger partial charge in [-0.3, -0.25) is 4.79 Å².